The van der Waals surface area contributed by atoms with Gasteiger partial charge in [-0.2, -0.15) is 5.10 Å². The van der Waals surface area contributed by atoms with Gasteiger partial charge >= 0.3 is 0 Å². The molecule has 5 rings (SSSR count). The molecule has 0 spiro atoms. The van der Waals surface area contributed by atoms with Crippen LogP contribution in [0.1, 0.15) is 34.5 Å². The van der Waals surface area contributed by atoms with Gasteiger partial charge < -0.3 is 20.7 Å². The molecule has 4 aromatic rings. The van der Waals surface area contributed by atoms with Gasteiger partial charge in [0.15, 0.2) is 0 Å². The maximum Gasteiger partial charge on any atom is 0.269 e. The molecule has 1 unspecified atom stereocenters. The maximum atomic E-state index is 13.7. The summed E-state index contributed by atoms with van der Waals surface area (Å²) in [6.45, 7) is 3.64. The van der Waals surface area contributed by atoms with Crippen molar-refractivity contribution in [1.29, 1.82) is 0 Å². The zero-order chi connectivity index (χ0) is 28.4. The van der Waals surface area contributed by atoms with E-state index >= 15 is 0 Å². The number of anilines is 3. The van der Waals surface area contributed by atoms with Crippen LogP contribution in [-0.4, -0.2) is 33.6 Å². The van der Waals surface area contributed by atoms with Crippen molar-refractivity contribution in [3.63, 3.8) is 0 Å². The van der Waals surface area contributed by atoms with Crippen LogP contribution >= 0.6 is 0 Å². The number of carbonyl (C=O) groups excluding carboxylic acids is 2. The van der Waals surface area contributed by atoms with Gasteiger partial charge in [0.2, 0.25) is 0 Å². The van der Waals surface area contributed by atoms with Crippen LogP contribution in [0.4, 0.5) is 22.9 Å². The molecule has 2 heterocycles. The van der Waals surface area contributed by atoms with Crippen LogP contribution in [0.15, 0.2) is 90.3 Å². The molecular weight excluding hydrogens is 512 g/mol. The molecule has 3 N–H and O–H groups in total. The molecule has 11 heteroatoms. The number of rotatable bonds is 7. The minimum atomic E-state index is -0.852. The average Bonchev–Trinajstić information content (AvgIpc) is 3.36. The van der Waals surface area contributed by atoms with Crippen molar-refractivity contribution in [1.82, 2.24) is 9.78 Å². The van der Waals surface area contributed by atoms with Crippen LogP contribution in [0.2, 0.25) is 0 Å². The van der Waals surface area contributed by atoms with Crippen molar-refractivity contribution in [2.45, 2.75) is 19.9 Å². The monoisotopic (exact) mass is 538 g/mol. The summed E-state index contributed by atoms with van der Waals surface area (Å²) in [5, 5.41) is 24.9. The number of benzene rings is 3. The van der Waals surface area contributed by atoms with E-state index in [1.807, 2.05) is 25.1 Å². The number of aromatic nitrogens is 2. The molecule has 1 aliphatic rings. The summed E-state index contributed by atoms with van der Waals surface area (Å²) < 4.78 is 6.69. The molecule has 0 fully saturated rings. The third-order valence-electron chi connectivity index (χ3n) is 6.53. The molecule has 11 nitrogen and oxygen atoms in total. The predicted molar refractivity (Wildman–Crippen MR) is 151 cm³/mol. The lowest BCUT2D eigenvalue weighted by Crippen LogP contribution is -2.32. The number of non-ortho nitro benzene ring substituents is 1. The lowest BCUT2D eigenvalue weighted by molar-refractivity contribution is -0.384. The fraction of sp³-hybridized carbons (Fsp3) is 0.138. The van der Waals surface area contributed by atoms with Crippen molar-refractivity contribution < 1.29 is 19.2 Å². The summed E-state index contributed by atoms with van der Waals surface area (Å²) in [4.78, 5) is 38.0. The summed E-state index contributed by atoms with van der Waals surface area (Å²) in [5.74, 6) is 0.176. The Bertz CT molecular complexity index is 1660. The van der Waals surface area contributed by atoms with Crippen LogP contribution in [0.3, 0.4) is 0 Å². The number of nitro benzene ring substituents is 1. The van der Waals surface area contributed by atoms with Crippen molar-refractivity contribution in [3.8, 4) is 5.75 Å². The number of nitrogens with one attached hydrogen (secondary N) is 3. The molecule has 1 aromatic heterocycles. The Kier molecular flexibility index (Phi) is 7.02. The average molecular weight is 539 g/mol. The fourth-order valence-electron chi connectivity index (χ4n) is 4.63. The smallest absolute Gasteiger partial charge is 0.269 e. The molecular formula is C29H26N6O5. The first-order chi connectivity index (χ1) is 19.2. The second kappa shape index (κ2) is 10.7. The highest BCUT2D eigenvalue weighted by molar-refractivity contribution is 6.09. The number of allylic oxidation sites excluding steroid dienone is 1. The Labute approximate surface area is 229 Å². The Morgan fingerprint density at radius 2 is 1.70 bits per heavy atom. The van der Waals surface area contributed by atoms with Gasteiger partial charge in [-0.25, -0.2) is 4.68 Å². The van der Waals surface area contributed by atoms with E-state index in [-0.39, 0.29) is 16.8 Å². The number of nitrogens with zero attached hydrogens (tertiary/aromatic N) is 3. The molecule has 0 aliphatic carbocycles. The van der Waals surface area contributed by atoms with Crippen molar-refractivity contribution >= 4 is 34.7 Å². The molecule has 40 heavy (non-hydrogen) atoms. The molecule has 0 radical (unpaired) electrons. The number of fused-ring (bicyclic) bond motifs is 1. The first-order valence-corrected chi connectivity index (χ1v) is 12.4. The number of hydrogen-bond acceptors (Lipinski definition) is 7. The van der Waals surface area contributed by atoms with Crippen LogP contribution in [0.5, 0.6) is 5.75 Å². The van der Waals surface area contributed by atoms with E-state index < -0.39 is 22.8 Å². The summed E-state index contributed by atoms with van der Waals surface area (Å²) in [6.07, 6.45) is 1.41. The number of carbonyl (C=O) groups is 2. The molecule has 0 saturated heterocycles. The standard InChI is InChI=1S/C29H26N6O5/c1-17-6-4-8-21(14-17)33-28(36)24-16-30-34-26(19-7-5-9-22(15-19)35(38)39)25(18(2)31-27(24)34)29(37)32-20-10-12-23(40-3)13-11-20/h4-16,26,31H,1-3H3,(H,32,37)(H,33,36). The van der Waals surface area contributed by atoms with E-state index in [2.05, 4.69) is 21.0 Å². The lowest BCUT2D eigenvalue weighted by Gasteiger charge is -2.30. The van der Waals surface area contributed by atoms with E-state index in [1.54, 1.807) is 56.5 Å². The number of amides is 2. The molecule has 1 aliphatic heterocycles. The molecule has 0 saturated carbocycles. The van der Waals surface area contributed by atoms with Crippen LogP contribution < -0.4 is 20.7 Å². The topological polar surface area (TPSA) is 140 Å². The van der Waals surface area contributed by atoms with E-state index in [4.69, 9.17) is 4.74 Å². The summed E-state index contributed by atoms with van der Waals surface area (Å²) in [6, 6.07) is 19.4. The minimum absolute atomic E-state index is 0.130. The van der Waals surface area contributed by atoms with Gasteiger partial charge in [-0.15, -0.1) is 0 Å². The Balaban J connectivity index is 1.55. The number of nitro groups is 1. The highest BCUT2D eigenvalue weighted by atomic mass is 16.6. The minimum Gasteiger partial charge on any atom is -0.497 e. The van der Waals surface area contributed by atoms with Crippen LogP contribution in [0, 0.1) is 17.0 Å². The Morgan fingerprint density at radius 3 is 2.40 bits per heavy atom. The van der Waals surface area contributed by atoms with Gasteiger partial charge in [-0.05, 0) is 61.4 Å². The Morgan fingerprint density at radius 1 is 0.975 bits per heavy atom. The number of hydrogen-bond donors (Lipinski definition) is 3. The number of methoxy groups -OCH3 is 1. The van der Waals surface area contributed by atoms with Gasteiger partial charge in [-0.1, -0.05) is 24.3 Å². The number of ether oxygens (including phenoxy) is 1. The predicted octanol–water partition coefficient (Wildman–Crippen LogP) is 5.29. The first-order valence-electron chi connectivity index (χ1n) is 12.4. The van der Waals surface area contributed by atoms with E-state index in [9.17, 15) is 19.7 Å². The SMILES string of the molecule is COc1ccc(NC(=O)C2=C(C)Nc3c(C(=O)Nc4cccc(C)c4)cnn3C2c2cccc([N+](=O)[O-])c2)cc1. The largest absolute Gasteiger partial charge is 0.497 e. The van der Waals surface area contributed by atoms with Crippen LogP contribution in [-0.2, 0) is 4.79 Å². The van der Waals surface area contributed by atoms with Crippen molar-refractivity contribution in [2.75, 3.05) is 23.1 Å². The van der Waals surface area contributed by atoms with Crippen molar-refractivity contribution in [3.05, 3.63) is 117 Å². The third-order valence-corrected chi connectivity index (χ3v) is 6.53. The molecule has 3 aromatic carbocycles. The second-order valence-electron chi connectivity index (χ2n) is 9.28. The summed E-state index contributed by atoms with van der Waals surface area (Å²) in [5.41, 5.74) is 3.50. The molecule has 2 amide bonds. The van der Waals surface area contributed by atoms with Gasteiger partial charge in [0, 0.05) is 29.2 Å². The van der Waals surface area contributed by atoms with E-state index in [1.165, 1.54) is 23.0 Å². The third kappa shape index (κ3) is 5.12. The molecule has 202 valence electrons. The summed E-state index contributed by atoms with van der Waals surface area (Å²) in [7, 11) is 1.55. The van der Waals surface area contributed by atoms with Gasteiger partial charge in [0.1, 0.15) is 23.2 Å². The fourth-order valence-corrected chi connectivity index (χ4v) is 4.63. The lowest BCUT2D eigenvalue weighted by atomic mass is 9.94. The summed E-state index contributed by atoms with van der Waals surface area (Å²) >= 11 is 0. The normalized spacial score (nSPS) is 14.1. The first kappa shape index (κ1) is 26.2. The maximum absolute atomic E-state index is 13.7. The zero-order valence-corrected chi connectivity index (χ0v) is 22.0. The van der Waals surface area contributed by atoms with Crippen LogP contribution in [0.25, 0.3) is 0 Å². The van der Waals surface area contributed by atoms with E-state index in [0.717, 1.165) is 5.56 Å². The van der Waals surface area contributed by atoms with Gasteiger partial charge in [0.25, 0.3) is 17.5 Å². The molecule has 0 bridgehead atoms. The van der Waals surface area contributed by atoms with Gasteiger partial charge in [0.05, 0.1) is 23.8 Å². The Hall–Kier alpha value is -5.45. The molecule has 1 atom stereocenters. The zero-order valence-electron chi connectivity index (χ0n) is 22.0. The van der Waals surface area contributed by atoms with E-state index in [0.29, 0.717) is 34.2 Å². The van der Waals surface area contributed by atoms with Crippen molar-refractivity contribution in [2.24, 2.45) is 0 Å². The van der Waals surface area contributed by atoms with Gasteiger partial charge in [-0.3, -0.25) is 19.7 Å². The quantitative estimate of drug-likeness (QED) is 0.215. The highest BCUT2D eigenvalue weighted by Gasteiger charge is 2.36. The second-order valence-corrected chi connectivity index (χ2v) is 9.28. The highest BCUT2D eigenvalue weighted by Crippen LogP contribution is 2.39. The number of aryl methyl sites for hydroxylation is 1.